The van der Waals surface area contributed by atoms with Crippen molar-refractivity contribution in [3.8, 4) is 0 Å². The van der Waals surface area contributed by atoms with Gasteiger partial charge in [-0.2, -0.15) is 0 Å². The molecule has 1 rings (SSSR count). The van der Waals surface area contributed by atoms with Crippen molar-refractivity contribution in [2.45, 2.75) is 25.9 Å². The molecule has 0 aromatic rings. The molecule has 0 bridgehead atoms. The molecular weight excluding hydrogens is 190 g/mol. The molecule has 1 unspecified atom stereocenters. The second-order valence-electron chi connectivity index (χ2n) is 4.06. The van der Waals surface area contributed by atoms with Crippen molar-refractivity contribution >= 4 is 12.4 Å². The van der Waals surface area contributed by atoms with Gasteiger partial charge in [-0.05, 0) is 12.3 Å². The lowest BCUT2D eigenvalue weighted by Crippen LogP contribution is -2.32. The number of aliphatic imine (C=N–C) groups is 2. The molecule has 4 heteroatoms. The predicted octanol–water partition coefficient (Wildman–Crippen LogP) is 0.808. The maximum Gasteiger partial charge on any atom is 0.107 e. The smallest absolute Gasteiger partial charge is 0.107 e. The minimum Gasteiger partial charge on any atom is -0.391 e. The Morgan fingerprint density at radius 2 is 2.33 bits per heavy atom. The minimum atomic E-state index is 0.0170. The summed E-state index contributed by atoms with van der Waals surface area (Å²) in [5.74, 6) is 0.760. The summed E-state index contributed by atoms with van der Waals surface area (Å²) in [5, 5.41) is 8.73. The van der Waals surface area contributed by atoms with Crippen LogP contribution in [0.15, 0.2) is 9.98 Å². The first-order valence-corrected chi connectivity index (χ1v) is 5.55. The lowest BCUT2D eigenvalue weighted by Gasteiger charge is -2.22. The van der Waals surface area contributed by atoms with Crippen molar-refractivity contribution in [3.63, 3.8) is 0 Å². The predicted molar refractivity (Wildman–Crippen MR) is 63.8 cm³/mol. The van der Waals surface area contributed by atoms with Crippen molar-refractivity contribution in [1.29, 1.82) is 0 Å². The molecule has 1 fully saturated rings. The SMILES string of the molecule is C/N=C/CC(/N=C\CO)N1CC[C@H](C)C1. The lowest BCUT2D eigenvalue weighted by atomic mass is 10.2. The van der Waals surface area contributed by atoms with Crippen molar-refractivity contribution in [2.24, 2.45) is 15.9 Å². The lowest BCUT2D eigenvalue weighted by molar-refractivity contribution is 0.248. The zero-order chi connectivity index (χ0) is 11.1. The number of hydrogen-bond donors (Lipinski definition) is 1. The van der Waals surface area contributed by atoms with E-state index < -0.39 is 0 Å². The zero-order valence-electron chi connectivity index (χ0n) is 9.63. The van der Waals surface area contributed by atoms with Gasteiger partial charge in [0.1, 0.15) is 6.17 Å². The van der Waals surface area contributed by atoms with Crippen molar-refractivity contribution in [3.05, 3.63) is 0 Å². The van der Waals surface area contributed by atoms with Gasteiger partial charge in [0.05, 0.1) is 6.61 Å². The Hall–Kier alpha value is -0.740. The maximum absolute atomic E-state index is 8.73. The molecule has 1 aliphatic heterocycles. The average molecular weight is 211 g/mol. The largest absolute Gasteiger partial charge is 0.391 e. The van der Waals surface area contributed by atoms with Crippen LogP contribution in [0.5, 0.6) is 0 Å². The molecule has 0 aromatic carbocycles. The standard InChI is InChI=1S/C11H21N3O/c1-10-4-7-14(9-10)11(3-5-12-2)13-6-8-15/h5-6,10-11,15H,3-4,7-9H2,1-2H3/b12-5+,13-6-/t10-,11?/m0/s1. The Morgan fingerprint density at radius 3 is 2.87 bits per heavy atom. The van der Waals surface area contributed by atoms with Crippen molar-refractivity contribution in [2.75, 3.05) is 26.7 Å². The molecule has 2 atom stereocenters. The van der Waals surface area contributed by atoms with E-state index in [1.807, 2.05) is 6.21 Å². The normalized spacial score (nSPS) is 25.7. The second kappa shape index (κ2) is 6.69. The van der Waals surface area contributed by atoms with Crippen LogP contribution in [-0.2, 0) is 0 Å². The molecule has 0 aliphatic carbocycles. The van der Waals surface area contributed by atoms with Gasteiger partial charge >= 0.3 is 0 Å². The summed E-state index contributed by atoms with van der Waals surface area (Å²) in [4.78, 5) is 10.7. The van der Waals surface area contributed by atoms with Gasteiger partial charge in [-0.1, -0.05) is 6.92 Å². The van der Waals surface area contributed by atoms with E-state index in [2.05, 4.69) is 21.8 Å². The van der Waals surface area contributed by atoms with E-state index in [0.29, 0.717) is 0 Å². The maximum atomic E-state index is 8.73. The quantitative estimate of drug-likeness (QED) is 0.684. The summed E-state index contributed by atoms with van der Waals surface area (Å²) in [7, 11) is 1.78. The number of rotatable bonds is 5. The average Bonchev–Trinajstić information content (AvgIpc) is 2.65. The summed E-state index contributed by atoms with van der Waals surface area (Å²) in [6.07, 6.45) is 5.71. The molecule has 1 aliphatic rings. The Labute approximate surface area is 91.7 Å². The number of aliphatic hydroxyl groups is 1. The fourth-order valence-electron chi connectivity index (χ4n) is 1.91. The highest BCUT2D eigenvalue weighted by Gasteiger charge is 2.24. The van der Waals surface area contributed by atoms with Crippen LogP contribution in [0.4, 0.5) is 0 Å². The highest BCUT2D eigenvalue weighted by atomic mass is 16.2. The summed E-state index contributed by atoms with van der Waals surface area (Å²) in [6, 6.07) is 0. The van der Waals surface area contributed by atoms with Crippen LogP contribution in [-0.4, -0.2) is 55.3 Å². The van der Waals surface area contributed by atoms with Gasteiger partial charge < -0.3 is 10.1 Å². The van der Waals surface area contributed by atoms with Crippen LogP contribution < -0.4 is 0 Å². The van der Waals surface area contributed by atoms with E-state index in [-0.39, 0.29) is 12.8 Å². The Kier molecular flexibility index (Phi) is 5.50. The molecule has 0 spiro atoms. The molecule has 1 N–H and O–H groups in total. The van der Waals surface area contributed by atoms with Crippen LogP contribution in [0.3, 0.4) is 0 Å². The summed E-state index contributed by atoms with van der Waals surface area (Å²) < 4.78 is 0. The third kappa shape index (κ3) is 4.10. The third-order valence-electron chi connectivity index (χ3n) is 2.73. The van der Waals surface area contributed by atoms with Gasteiger partial charge in [0.2, 0.25) is 0 Å². The number of likely N-dealkylation sites (tertiary alicyclic amines) is 1. The van der Waals surface area contributed by atoms with E-state index in [1.165, 1.54) is 6.42 Å². The van der Waals surface area contributed by atoms with Gasteiger partial charge in [-0.15, -0.1) is 0 Å². The van der Waals surface area contributed by atoms with Crippen LogP contribution >= 0.6 is 0 Å². The first-order chi connectivity index (χ1) is 7.27. The highest BCUT2D eigenvalue weighted by Crippen LogP contribution is 2.19. The summed E-state index contributed by atoms with van der Waals surface area (Å²) in [6.45, 7) is 4.49. The van der Waals surface area contributed by atoms with Gasteiger partial charge in [-0.3, -0.25) is 9.89 Å². The molecule has 1 heterocycles. The summed E-state index contributed by atoms with van der Waals surface area (Å²) >= 11 is 0. The topological polar surface area (TPSA) is 48.2 Å². The van der Waals surface area contributed by atoms with Crippen LogP contribution in [0, 0.1) is 5.92 Å². The Morgan fingerprint density at radius 1 is 1.53 bits per heavy atom. The highest BCUT2D eigenvalue weighted by molar-refractivity contribution is 5.61. The molecule has 1 saturated heterocycles. The van der Waals surface area contributed by atoms with Crippen molar-refractivity contribution in [1.82, 2.24) is 4.90 Å². The second-order valence-corrected chi connectivity index (χ2v) is 4.06. The van der Waals surface area contributed by atoms with Gasteiger partial charge in [0.25, 0.3) is 0 Å². The van der Waals surface area contributed by atoms with E-state index in [0.717, 1.165) is 25.4 Å². The first kappa shape index (κ1) is 12.3. The molecule has 0 amide bonds. The monoisotopic (exact) mass is 211 g/mol. The van der Waals surface area contributed by atoms with E-state index in [4.69, 9.17) is 5.11 Å². The molecule has 0 aromatic heterocycles. The zero-order valence-corrected chi connectivity index (χ0v) is 9.63. The van der Waals surface area contributed by atoms with Crippen molar-refractivity contribution < 1.29 is 5.11 Å². The van der Waals surface area contributed by atoms with Crippen LogP contribution in [0.25, 0.3) is 0 Å². The van der Waals surface area contributed by atoms with Gasteiger partial charge in [-0.25, -0.2) is 0 Å². The van der Waals surface area contributed by atoms with Gasteiger partial charge in [0, 0.05) is 39.0 Å². The molecule has 15 heavy (non-hydrogen) atoms. The fraction of sp³-hybridized carbons (Fsp3) is 0.818. The van der Waals surface area contributed by atoms with Crippen LogP contribution in [0.1, 0.15) is 19.8 Å². The van der Waals surface area contributed by atoms with E-state index in [9.17, 15) is 0 Å². The Balaban J connectivity index is 2.50. The molecule has 4 nitrogen and oxygen atoms in total. The number of aliphatic hydroxyl groups excluding tert-OH is 1. The van der Waals surface area contributed by atoms with E-state index in [1.54, 1.807) is 13.3 Å². The third-order valence-corrected chi connectivity index (χ3v) is 2.73. The van der Waals surface area contributed by atoms with Gasteiger partial charge in [0.15, 0.2) is 0 Å². The summed E-state index contributed by atoms with van der Waals surface area (Å²) in [5.41, 5.74) is 0. The number of hydrogen-bond acceptors (Lipinski definition) is 4. The first-order valence-electron chi connectivity index (χ1n) is 5.55. The minimum absolute atomic E-state index is 0.0170. The molecule has 0 saturated carbocycles. The molecule has 86 valence electrons. The molecule has 0 radical (unpaired) electrons. The molecular formula is C11H21N3O. The van der Waals surface area contributed by atoms with E-state index >= 15 is 0 Å². The fourth-order valence-corrected chi connectivity index (χ4v) is 1.91. The number of nitrogens with zero attached hydrogens (tertiary/aromatic N) is 3. The van der Waals surface area contributed by atoms with Crippen LogP contribution in [0.2, 0.25) is 0 Å². The Bertz CT molecular complexity index is 228.